The summed E-state index contributed by atoms with van der Waals surface area (Å²) < 4.78 is 6.24. The molecule has 0 aliphatic heterocycles. The number of nitrogens with zero attached hydrogens (tertiary/aromatic N) is 1. The van der Waals surface area contributed by atoms with Crippen molar-refractivity contribution in [3.63, 3.8) is 0 Å². The minimum Gasteiger partial charge on any atom is -0.465 e. The zero-order chi connectivity index (χ0) is 12.4. The Hall–Kier alpha value is -2.10. The van der Waals surface area contributed by atoms with Crippen LogP contribution in [-0.4, -0.2) is 17.6 Å². The summed E-state index contributed by atoms with van der Waals surface area (Å²) in [6, 6.07) is 7.05. The Morgan fingerprint density at radius 3 is 2.53 bits per heavy atom. The van der Waals surface area contributed by atoms with Gasteiger partial charge in [-0.05, 0) is 13.0 Å². The van der Waals surface area contributed by atoms with Crippen molar-refractivity contribution in [1.82, 2.24) is 4.57 Å². The van der Waals surface area contributed by atoms with Crippen LogP contribution in [0.2, 0.25) is 0 Å². The number of aromatic nitrogens is 1. The van der Waals surface area contributed by atoms with Crippen molar-refractivity contribution in [2.45, 2.75) is 13.5 Å². The molecule has 0 spiro atoms. The fraction of sp³-hybridized carbons (Fsp3) is 0.231. The molecule has 0 aliphatic carbocycles. The van der Waals surface area contributed by atoms with Gasteiger partial charge in [-0.15, -0.1) is 0 Å². The first-order valence-electron chi connectivity index (χ1n) is 5.39. The molecule has 0 saturated carbocycles. The van der Waals surface area contributed by atoms with Gasteiger partial charge >= 0.3 is 5.97 Å². The first-order valence-corrected chi connectivity index (χ1v) is 5.39. The van der Waals surface area contributed by atoms with Gasteiger partial charge in [0.1, 0.15) is 0 Å². The number of hydrogen-bond donors (Lipinski definition) is 0. The van der Waals surface area contributed by atoms with Crippen LogP contribution in [0.1, 0.15) is 17.3 Å². The highest BCUT2D eigenvalue weighted by Gasteiger charge is 2.13. The smallest absolute Gasteiger partial charge is 0.339 e. The lowest BCUT2D eigenvalue weighted by Gasteiger charge is -2.09. The van der Waals surface area contributed by atoms with Crippen molar-refractivity contribution < 1.29 is 9.53 Å². The second-order valence-corrected chi connectivity index (χ2v) is 3.67. The Labute approximate surface area is 98.4 Å². The summed E-state index contributed by atoms with van der Waals surface area (Å²) in [5.74, 6) is -0.427. The summed E-state index contributed by atoms with van der Waals surface area (Å²) in [6.45, 7) is 2.38. The minimum absolute atomic E-state index is 0.0873. The Morgan fingerprint density at radius 1 is 1.29 bits per heavy atom. The number of aryl methyl sites for hydroxylation is 1. The molecule has 4 nitrogen and oxygen atoms in total. The SMILES string of the molecule is CCn1cc(C(=O)OC)c2ccccc2c1=O. The van der Waals surface area contributed by atoms with E-state index < -0.39 is 5.97 Å². The number of benzene rings is 1. The normalized spacial score (nSPS) is 10.5. The van der Waals surface area contributed by atoms with Crippen LogP contribution in [0, 0.1) is 0 Å². The zero-order valence-electron chi connectivity index (χ0n) is 9.77. The molecule has 0 N–H and O–H groups in total. The van der Waals surface area contributed by atoms with E-state index in [-0.39, 0.29) is 5.56 Å². The molecule has 0 amide bonds. The van der Waals surface area contributed by atoms with E-state index in [2.05, 4.69) is 0 Å². The van der Waals surface area contributed by atoms with Crippen molar-refractivity contribution in [3.8, 4) is 0 Å². The molecule has 4 heteroatoms. The Bertz CT molecular complexity index is 628. The van der Waals surface area contributed by atoms with Crippen molar-refractivity contribution in [1.29, 1.82) is 0 Å². The summed E-state index contributed by atoms with van der Waals surface area (Å²) >= 11 is 0. The second-order valence-electron chi connectivity index (χ2n) is 3.67. The summed E-state index contributed by atoms with van der Waals surface area (Å²) in [7, 11) is 1.33. The van der Waals surface area contributed by atoms with Gasteiger partial charge in [-0.2, -0.15) is 0 Å². The van der Waals surface area contributed by atoms with Crippen LogP contribution in [0.25, 0.3) is 10.8 Å². The van der Waals surface area contributed by atoms with Gasteiger partial charge in [0.25, 0.3) is 5.56 Å². The second kappa shape index (κ2) is 4.41. The number of hydrogen-bond acceptors (Lipinski definition) is 3. The summed E-state index contributed by atoms with van der Waals surface area (Å²) in [6.07, 6.45) is 1.55. The van der Waals surface area contributed by atoms with Crippen LogP contribution in [0.4, 0.5) is 0 Å². The van der Waals surface area contributed by atoms with Gasteiger partial charge in [0.05, 0.1) is 12.7 Å². The maximum atomic E-state index is 12.0. The van der Waals surface area contributed by atoms with E-state index in [0.29, 0.717) is 22.9 Å². The Balaban J connectivity index is 2.88. The quantitative estimate of drug-likeness (QED) is 0.740. The largest absolute Gasteiger partial charge is 0.465 e. The van der Waals surface area contributed by atoms with E-state index in [1.165, 1.54) is 11.7 Å². The van der Waals surface area contributed by atoms with E-state index >= 15 is 0 Å². The molecule has 2 aromatic rings. The molecule has 0 aliphatic rings. The standard InChI is InChI=1S/C13H13NO3/c1-3-14-8-11(13(16)17-2)9-6-4-5-7-10(9)12(14)15/h4-8H,3H2,1-2H3. The third kappa shape index (κ3) is 1.82. The molecule has 88 valence electrons. The molecule has 1 heterocycles. The zero-order valence-corrected chi connectivity index (χ0v) is 9.77. The van der Waals surface area contributed by atoms with Crippen molar-refractivity contribution in [2.75, 3.05) is 7.11 Å². The number of fused-ring (bicyclic) bond motifs is 1. The fourth-order valence-corrected chi connectivity index (χ4v) is 1.85. The van der Waals surface area contributed by atoms with Gasteiger partial charge in [-0.1, -0.05) is 18.2 Å². The number of methoxy groups -OCH3 is 1. The molecular weight excluding hydrogens is 218 g/mol. The lowest BCUT2D eigenvalue weighted by Crippen LogP contribution is -2.21. The molecular formula is C13H13NO3. The van der Waals surface area contributed by atoms with Crippen LogP contribution in [0.3, 0.4) is 0 Å². The number of carbonyl (C=O) groups is 1. The Morgan fingerprint density at radius 2 is 1.94 bits per heavy atom. The van der Waals surface area contributed by atoms with E-state index in [9.17, 15) is 9.59 Å². The van der Waals surface area contributed by atoms with Crippen LogP contribution < -0.4 is 5.56 Å². The lowest BCUT2D eigenvalue weighted by atomic mass is 10.1. The van der Waals surface area contributed by atoms with Crippen LogP contribution in [0.5, 0.6) is 0 Å². The van der Waals surface area contributed by atoms with E-state index in [0.717, 1.165) is 0 Å². The van der Waals surface area contributed by atoms with Gasteiger partial charge in [-0.3, -0.25) is 4.79 Å². The Kier molecular flexibility index (Phi) is 2.95. The molecule has 1 aromatic heterocycles. The van der Waals surface area contributed by atoms with Crippen LogP contribution >= 0.6 is 0 Å². The van der Waals surface area contributed by atoms with Gasteiger partial charge in [0, 0.05) is 23.5 Å². The highest BCUT2D eigenvalue weighted by atomic mass is 16.5. The predicted octanol–water partition coefficient (Wildman–Crippen LogP) is 1.81. The maximum Gasteiger partial charge on any atom is 0.339 e. The predicted molar refractivity (Wildman–Crippen MR) is 65.2 cm³/mol. The molecule has 0 atom stereocenters. The molecule has 1 aromatic carbocycles. The van der Waals surface area contributed by atoms with E-state index in [1.54, 1.807) is 30.5 Å². The highest BCUT2D eigenvalue weighted by molar-refractivity contribution is 6.03. The lowest BCUT2D eigenvalue weighted by molar-refractivity contribution is 0.0602. The summed E-state index contributed by atoms with van der Waals surface area (Å²) in [5.41, 5.74) is 0.334. The van der Waals surface area contributed by atoms with Gasteiger partial charge < -0.3 is 9.30 Å². The molecule has 0 unspecified atom stereocenters. The highest BCUT2D eigenvalue weighted by Crippen LogP contribution is 2.16. The molecule has 0 saturated heterocycles. The molecule has 2 rings (SSSR count). The third-order valence-corrected chi connectivity index (χ3v) is 2.74. The van der Waals surface area contributed by atoms with Gasteiger partial charge in [-0.25, -0.2) is 4.79 Å². The monoisotopic (exact) mass is 231 g/mol. The maximum absolute atomic E-state index is 12.0. The van der Waals surface area contributed by atoms with Crippen LogP contribution in [0.15, 0.2) is 35.3 Å². The molecule has 0 bridgehead atoms. The topological polar surface area (TPSA) is 48.3 Å². The van der Waals surface area contributed by atoms with Crippen molar-refractivity contribution in [2.24, 2.45) is 0 Å². The summed E-state index contributed by atoms with van der Waals surface area (Å²) in [5, 5.41) is 1.17. The summed E-state index contributed by atoms with van der Waals surface area (Å²) in [4.78, 5) is 23.7. The number of ether oxygens (including phenoxy) is 1. The van der Waals surface area contributed by atoms with Crippen molar-refractivity contribution >= 4 is 16.7 Å². The first-order chi connectivity index (χ1) is 8.19. The number of esters is 1. The minimum atomic E-state index is -0.427. The van der Waals surface area contributed by atoms with Gasteiger partial charge in [0.15, 0.2) is 0 Å². The van der Waals surface area contributed by atoms with Crippen molar-refractivity contribution in [3.05, 3.63) is 46.4 Å². The average Bonchev–Trinajstić information content (AvgIpc) is 2.38. The number of pyridine rings is 1. The van der Waals surface area contributed by atoms with Crippen LogP contribution in [-0.2, 0) is 11.3 Å². The molecule has 0 fully saturated rings. The number of carbonyl (C=O) groups excluding carboxylic acids is 1. The molecule has 17 heavy (non-hydrogen) atoms. The third-order valence-electron chi connectivity index (χ3n) is 2.74. The van der Waals surface area contributed by atoms with E-state index in [4.69, 9.17) is 4.74 Å². The number of rotatable bonds is 2. The first kappa shape index (κ1) is 11.4. The average molecular weight is 231 g/mol. The van der Waals surface area contributed by atoms with E-state index in [1.807, 2.05) is 6.92 Å². The van der Waals surface area contributed by atoms with Gasteiger partial charge in [0.2, 0.25) is 0 Å². The molecule has 0 radical (unpaired) electrons. The fourth-order valence-electron chi connectivity index (χ4n) is 1.85.